The number of aromatic nitrogens is 2. The first-order valence-electron chi connectivity index (χ1n) is 10.5. The van der Waals surface area contributed by atoms with Crippen molar-refractivity contribution in [2.24, 2.45) is 4.99 Å². The number of benzene rings is 3. The number of aromatic amines is 1. The number of aliphatic imine (C=N–C) groups is 1. The first kappa shape index (κ1) is 21.0. The molecule has 2 N–H and O–H groups in total. The predicted octanol–water partition coefficient (Wildman–Crippen LogP) is 5.24. The monoisotopic (exact) mass is 449 g/mol. The molecule has 0 saturated heterocycles. The molecule has 0 bridgehead atoms. The summed E-state index contributed by atoms with van der Waals surface area (Å²) in [6.07, 6.45) is 3.30. The molecule has 34 heavy (non-hydrogen) atoms. The first-order chi connectivity index (χ1) is 16.5. The highest BCUT2D eigenvalue weighted by Gasteiger charge is 2.36. The lowest BCUT2D eigenvalue weighted by Crippen LogP contribution is -2.22. The summed E-state index contributed by atoms with van der Waals surface area (Å²) in [4.78, 5) is 35.8. The van der Waals surface area contributed by atoms with Crippen molar-refractivity contribution in [1.29, 1.82) is 0 Å². The Morgan fingerprint density at radius 2 is 1.79 bits per heavy atom. The highest BCUT2D eigenvalue weighted by atomic mass is 16.6. The van der Waals surface area contributed by atoms with E-state index in [2.05, 4.69) is 21.9 Å². The van der Waals surface area contributed by atoms with Crippen molar-refractivity contribution < 1.29 is 9.72 Å². The number of nitro benzene ring substituents is 1. The zero-order valence-corrected chi connectivity index (χ0v) is 17.9. The van der Waals surface area contributed by atoms with Gasteiger partial charge in [0.2, 0.25) is 5.91 Å². The fourth-order valence-corrected chi connectivity index (χ4v) is 3.99. The van der Waals surface area contributed by atoms with Crippen LogP contribution >= 0.6 is 0 Å². The molecule has 1 atom stereocenters. The van der Waals surface area contributed by atoms with E-state index in [9.17, 15) is 14.9 Å². The Kier molecular flexibility index (Phi) is 5.31. The maximum Gasteiger partial charge on any atom is 0.269 e. The van der Waals surface area contributed by atoms with Crippen LogP contribution in [0.25, 0.3) is 5.57 Å². The average molecular weight is 449 g/mol. The number of H-pyrrole nitrogens is 1. The molecule has 0 spiro atoms. The summed E-state index contributed by atoms with van der Waals surface area (Å²) in [6, 6.07) is 21.2. The zero-order chi connectivity index (χ0) is 23.7. The van der Waals surface area contributed by atoms with E-state index in [0.717, 1.165) is 22.4 Å². The van der Waals surface area contributed by atoms with E-state index in [1.165, 1.54) is 12.1 Å². The highest BCUT2D eigenvalue weighted by molar-refractivity contribution is 6.24. The van der Waals surface area contributed by atoms with Gasteiger partial charge in [0.25, 0.3) is 5.69 Å². The molecule has 1 aromatic heterocycles. The van der Waals surface area contributed by atoms with E-state index in [1.807, 2.05) is 54.6 Å². The van der Waals surface area contributed by atoms with E-state index >= 15 is 0 Å². The second kappa shape index (κ2) is 8.59. The van der Waals surface area contributed by atoms with Gasteiger partial charge in [-0.15, -0.1) is 0 Å². The van der Waals surface area contributed by atoms with Crippen LogP contribution in [0.4, 0.5) is 17.1 Å². The molecule has 1 aliphatic heterocycles. The second-order valence-electron chi connectivity index (χ2n) is 7.80. The number of non-ortho nitro benzene ring substituents is 1. The van der Waals surface area contributed by atoms with Gasteiger partial charge >= 0.3 is 0 Å². The summed E-state index contributed by atoms with van der Waals surface area (Å²) >= 11 is 0. The van der Waals surface area contributed by atoms with E-state index in [4.69, 9.17) is 4.99 Å². The fourth-order valence-electron chi connectivity index (χ4n) is 3.99. The van der Waals surface area contributed by atoms with Gasteiger partial charge in [0.15, 0.2) is 0 Å². The summed E-state index contributed by atoms with van der Waals surface area (Å²) in [5.41, 5.74) is 5.45. The maximum absolute atomic E-state index is 13.0. The van der Waals surface area contributed by atoms with Crippen LogP contribution in [0.3, 0.4) is 0 Å². The van der Waals surface area contributed by atoms with Gasteiger partial charge in [-0.05, 0) is 34.9 Å². The number of anilines is 1. The summed E-state index contributed by atoms with van der Waals surface area (Å²) in [5.74, 6) is -1.06. The van der Waals surface area contributed by atoms with Crippen molar-refractivity contribution in [3.05, 3.63) is 124 Å². The highest BCUT2D eigenvalue weighted by Crippen LogP contribution is 2.38. The van der Waals surface area contributed by atoms with Gasteiger partial charge in [0.05, 0.1) is 34.5 Å². The summed E-state index contributed by atoms with van der Waals surface area (Å²) in [5, 5.41) is 14.2. The largest absolute Gasteiger partial charge is 0.345 e. The van der Waals surface area contributed by atoms with Crippen molar-refractivity contribution in [2.45, 2.75) is 5.92 Å². The topological polar surface area (TPSA) is 113 Å². The minimum absolute atomic E-state index is 0.0747. The molecule has 3 aromatic carbocycles. The lowest BCUT2D eigenvalue weighted by Gasteiger charge is -2.14. The molecule has 5 rings (SSSR count). The maximum atomic E-state index is 13.0. The molecule has 0 saturated carbocycles. The van der Waals surface area contributed by atoms with Gasteiger partial charge in [-0.3, -0.25) is 19.9 Å². The lowest BCUT2D eigenvalue weighted by atomic mass is 9.90. The molecule has 0 fully saturated rings. The molecule has 166 valence electrons. The first-order valence-corrected chi connectivity index (χ1v) is 10.5. The standard InChI is InChI=1S/C26H19N5O3/c1-16(23-14-27-15-28-23)17-7-9-19(10-8-17)29-25(18-5-3-2-4-6-18)24-21-13-20(31(33)34)11-12-22(21)30-26(24)32/h2-15,24H,1H2,(H,27,28)(H,30,32). The number of carbonyl (C=O) groups excluding carboxylic acids is 1. The molecule has 8 heteroatoms. The van der Waals surface area contributed by atoms with Gasteiger partial charge in [-0.25, -0.2) is 4.98 Å². The van der Waals surface area contributed by atoms with Crippen LogP contribution in [-0.4, -0.2) is 26.5 Å². The van der Waals surface area contributed by atoms with Gasteiger partial charge in [-0.1, -0.05) is 49.0 Å². The normalized spacial score (nSPS) is 15.0. The summed E-state index contributed by atoms with van der Waals surface area (Å²) < 4.78 is 0. The van der Waals surface area contributed by atoms with Crippen LogP contribution in [-0.2, 0) is 4.79 Å². The van der Waals surface area contributed by atoms with Crippen molar-refractivity contribution in [3.63, 3.8) is 0 Å². The minimum Gasteiger partial charge on any atom is -0.345 e. The van der Waals surface area contributed by atoms with E-state index in [0.29, 0.717) is 22.6 Å². The van der Waals surface area contributed by atoms with Crippen molar-refractivity contribution in [2.75, 3.05) is 5.32 Å². The van der Waals surface area contributed by atoms with E-state index < -0.39 is 10.8 Å². The smallest absolute Gasteiger partial charge is 0.269 e. The average Bonchev–Trinajstić information content (AvgIpc) is 3.50. The molecule has 1 amide bonds. The Morgan fingerprint density at radius 1 is 1.03 bits per heavy atom. The minimum atomic E-state index is -0.781. The lowest BCUT2D eigenvalue weighted by molar-refractivity contribution is -0.384. The third-order valence-corrected chi connectivity index (χ3v) is 5.71. The van der Waals surface area contributed by atoms with Gasteiger partial charge < -0.3 is 10.3 Å². The van der Waals surface area contributed by atoms with Gasteiger partial charge in [0.1, 0.15) is 5.92 Å². The Labute approximate surface area is 194 Å². The molecule has 2 heterocycles. The van der Waals surface area contributed by atoms with Crippen LogP contribution in [0, 0.1) is 10.1 Å². The second-order valence-corrected chi connectivity index (χ2v) is 7.80. The van der Waals surface area contributed by atoms with Crippen molar-refractivity contribution in [3.8, 4) is 0 Å². The number of rotatable bonds is 6. The number of fused-ring (bicyclic) bond motifs is 1. The van der Waals surface area contributed by atoms with Gasteiger partial charge in [-0.2, -0.15) is 0 Å². The number of nitrogens with zero attached hydrogens (tertiary/aromatic N) is 3. The molecule has 8 nitrogen and oxygen atoms in total. The number of hydrogen-bond acceptors (Lipinski definition) is 5. The number of nitrogens with one attached hydrogen (secondary N) is 2. The summed E-state index contributed by atoms with van der Waals surface area (Å²) in [7, 11) is 0. The number of carbonyl (C=O) groups is 1. The van der Waals surface area contributed by atoms with Gasteiger partial charge in [0, 0.05) is 23.4 Å². The van der Waals surface area contributed by atoms with Crippen molar-refractivity contribution in [1.82, 2.24) is 9.97 Å². The third-order valence-electron chi connectivity index (χ3n) is 5.71. The SMILES string of the molecule is C=C(c1ccc(N=C(c2ccccc2)C2C(=O)Nc3ccc([N+](=O)[O-])cc32)cc1)c1cnc[nH]1. The molecular weight excluding hydrogens is 430 g/mol. The van der Waals surface area contributed by atoms with E-state index in [1.54, 1.807) is 18.6 Å². The molecule has 1 aliphatic rings. The van der Waals surface area contributed by atoms with Crippen LogP contribution in [0.1, 0.15) is 28.3 Å². The molecule has 4 aromatic rings. The van der Waals surface area contributed by atoms with Crippen LogP contribution in [0.2, 0.25) is 0 Å². The zero-order valence-electron chi connectivity index (χ0n) is 17.9. The third kappa shape index (κ3) is 3.88. The number of nitro groups is 1. The summed E-state index contributed by atoms with van der Waals surface area (Å²) in [6.45, 7) is 4.11. The van der Waals surface area contributed by atoms with Crippen LogP contribution in [0.15, 0.2) is 96.9 Å². The number of hydrogen-bond donors (Lipinski definition) is 2. The predicted molar refractivity (Wildman–Crippen MR) is 130 cm³/mol. The van der Waals surface area contributed by atoms with Crippen LogP contribution < -0.4 is 5.32 Å². The molecule has 1 unspecified atom stereocenters. The molecule has 0 aliphatic carbocycles. The molecular formula is C26H19N5O3. The Morgan fingerprint density at radius 3 is 2.47 bits per heavy atom. The number of imidazole rings is 1. The Hall–Kier alpha value is -4.85. The quantitative estimate of drug-likeness (QED) is 0.238. The Balaban J connectivity index is 1.57. The van der Waals surface area contributed by atoms with Crippen LogP contribution in [0.5, 0.6) is 0 Å². The number of amides is 1. The van der Waals surface area contributed by atoms with E-state index in [-0.39, 0.29) is 11.6 Å². The fraction of sp³-hybridized carbons (Fsp3) is 0.0385. The molecule has 0 radical (unpaired) electrons. The Bertz CT molecular complexity index is 1430. The van der Waals surface area contributed by atoms with Crippen molar-refractivity contribution >= 4 is 34.3 Å².